The van der Waals surface area contributed by atoms with E-state index >= 15 is 0 Å². The minimum absolute atomic E-state index is 0.377. The summed E-state index contributed by atoms with van der Waals surface area (Å²) < 4.78 is 16.7. The van der Waals surface area contributed by atoms with Crippen molar-refractivity contribution in [2.45, 2.75) is 10.1 Å². The fourth-order valence-corrected chi connectivity index (χ4v) is 3.84. The highest BCUT2D eigenvalue weighted by Crippen LogP contribution is 2.32. The van der Waals surface area contributed by atoms with Crippen molar-refractivity contribution in [1.82, 2.24) is 24.8 Å². The summed E-state index contributed by atoms with van der Waals surface area (Å²) in [6.45, 7) is 0. The first-order valence-electron chi connectivity index (χ1n) is 7.05. The molecular formula is C15H10FN7S2. The lowest BCUT2D eigenvalue weighted by Gasteiger charge is -2.04. The highest BCUT2D eigenvalue weighted by atomic mass is 32.2. The molecule has 1 aromatic carbocycles. The van der Waals surface area contributed by atoms with Gasteiger partial charge in [0.15, 0.2) is 5.65 Å². The molecule has 0 unspecified atom stereocenters. The molecule has 25 heavy (non-hydrogen) atoms. The fraction of sp³-hybridized carbons (Fsp3) is 0. The molecule has 10 heteroatoms. The number of nitrogens with one attached hydrogen (secondary N) is 1. The summed E-state index contributed by atoms with van der Waals surface area (Å²) in [5.74, 6) is -0.377. The normalized spacial score (nSPS) is 12.1. The van der Waals surface area contributed by atoms with Crippen LogP contribution in [0.25, 0.3) is 21.4 Å². The van der Waals surface area contributed by atoms with Gasteiger partial charge in [-0.15, -0.1) is 21.5 Å². The van der Waals surface area contributed by atoms with E-state index in [0.717, 1.165) is 22.7 Å². The summed E-state index contributed by atoms with van der Waals surface area (Å²) in [5.41, 5.74) is 9.30. The van der Waals surface area contributed by atoms with Gasteiger partial charge in [-0.2, -0.15) is 9.61 Å². The van der Waals surface area contributed by atoms with Crippen molar-refractivity contribution >= 4 is 50.8 Å². The van der Waals surface area contributed by atoms with Crippen LogP contribution in [-0.2, 0) is 0 Å². The first-order valence-corrected chi connectivity index (χ1v) is 8.75. The van der Waals surface area contributed by atoms with Gasteiger partial charge in [0.1, 0.15) is 5.82 Å². The lowest BCUT2D eigenvalue weighted by Crippen LogP contribution is -2.01. The predicted octanol–water partition coefficient (Wildman–Crippen LogP) is 2.97. The van der Waals surface area contributed by atoms with Gasteiger partial charge in [-0.3, -0.25) is 0 Å². The van der Waals surface area contributed by atoms with Crippen molar-refractivity contribution in [2.24, 2.45) is 5.73 Å². The molecular weight excluding hydrogens is 361 g/mol. The summed E-state index contributed by atoms with van der Waals surface area (Å²) in [7, 11) is 0. The number of hydrogen-bond acceptors (Lipinski definition) is 8. The molecule has 0 bridgehead atoms. The quantitative estimate of drug-likeness (QED) is 0.534. The van der Waals surface area contributed by atoms with E-state index in [1.807, 2.05) is 0 Å². The van der Waals surface area contributed by atoms with Crippen LogP contribution >= 0.6 is 23.1 Å². The molecule has 0 saturated carbocycles. The number of fused-ring (bicyclic) bond motifs is 2. The minimum Gasteiger partial charge on any atom is -0.404 e. The first-order chi connectivity index (χ1) is 12.2. The molecule has 0 aliphatic rings. The van der Waals surface area contributed by atoms with E-state index < -0.39 is 0 Å². The number of halogens is 1. The van der Waals surface area contributed by atoms with Gasteiger partial charge < -0.3 is 11.1 Å². The zero-order valence-corrected chi connectivity index (χ0v) is 14.2. The number of benzene rings is 1. The van der Waals surface area contributed by atoms with E-state index in [0.29, 0.717) is 32.5 Å². The van der Waals surface area contributed by atoms with Crippen LogP contribution < -0.4 is 5.73 Å². The Bertz CT molecular complexity index is 1130. The summed E-state index contributed by atoms with van der Waals surface area (Å²) in [4.78, 5) is 4.52. The van der Waals surface area contributed by atoms with E-state index in [1.54, 1.807) is 23.7 Å². The molecule has 0 aliphatic carbocycles. The lowest BCUT2D eigenvalue weighted by atomic mass is 10.2. The van der Waals surface area contributed by atoms with E-state index in [9.17, 15) is 4.39 Å². The topological polar surface area (TPSA) is 106 Å². The number of allylic oxidation sites excluding steroid dienone is 1. The Hall–Kier alpha value is -2.85. The van der Waals surface area contributed by atoms with Crippen LogP contribution in [0.3, 0.4) is 0 Å². The Morgan fingerprint density at radius 1 is 1.32 bits per heavy atom. The second-order valence-electron chi connectivity index (χ2n) is 4.94. The Balaban J connectivity index is 1.79. The number of nitrogens with two attached hydrogens (primary N) is 1. The number of thiazole rings is 1. The van der Waals surface area contributed by atoms with E-state index in [2.05, 4.69) is 20.3 Å². The summed E-state index contributed by atoms with van der Waals surface area (Å²) >= 11 is 2.57. The third kappa shape index (κ3) is 2.75. The van der Waals surface area contributed by atoms with E-state index in [-0.39, 0.29) is 5.82 Å². The molecule has 124 valence electrons. The van der Waals surface area contributed by atoms with Crippen molar-refractivity contribution in [3.8, 4) is 0 Å². The van der Waals surface area contributed by atoms with Crippen molar-refractivity contribution in [2.75, 3.05) is 0 Å². The highest BCUT2D eigenvalue weighted by molar-refractivity contribution is 7.99. The highest BCUT2D eigenvalue weighted by Gasteiger charge is 2.14. The Kier molecular flexibility index (Phi) is 3.90. The Labute approximate surface area is 148 Å². The van der Waals surface area contributed by atoms with Gasteiger partial charge >= 0.3 is 0 Å². The van der Waals surface area contributed by atoms with E-state index in [1.165, 1.54) is 28.1 Å². The molecule has 4 rings (SSSR count). The molecule has 0 fully saturated rings. The molecule has 3 heterocycles. The lowest BCUT2D eigenvalue weighted by molar-refractivity contribution is 0.603. The third-order valence-corrected chi connectivity index (χ3v) is 5.21. The third-order valence-electron chi connectivity index (χ3n) is 3.45. The van der Waals surface area contributed by atoms with Gasteiger partial charge in [0, 0.05) is 24.1 Å². The van der Waals surface area contributed by atoms with Crippen LogP contribution in [0.1, 0.15) is 5.69 Å². The maximum absolute atomic E-state index is 14.3. The molecule has 0 aliphatic heterocycles. The van der Waals surface area contributed by atoms with Crippen LogP contribution in [-0.4, -0.2) is 31.0 Å². The monoisotopic (exact) mass is 371 g/mol. The van der Waals surface area contributed by atoms with Gasteiger partial charge in [-0.1, -0.05) is 0 Å². The van der Waals surface area contributed by atoms with Gasteiger partial charge in [-0.05, 0) is 30.0 Å². The first kappa shape index (κ1) is 15.7. The molecule has 0 saturated heterocycles. The molecule has 3 aromatic heterocycles. The summed E-state index contributed by atoms with van der Waals surface area (Å²) in [5, 5.41) is 20.3. The maximum atomic E-state index is 14.3. The van der Waals surface area contributed by atoms with Crippen LogP contribution in [0.5, 0.6) is 0 Å². The molecule has 0 amide bonds. The largest absolute Gasteiger partial charge is 0.404 e. The van der Waals surface area contributed by atoms with Crippen molar-refractivity contribution < 1.29 is 4.39 Å². The Morgan fingerprint density at radius 3 is 3.00 bits per heavy atom. The summed E-state index contributed by atoms with van der Waals surface area (Å²) in [6, 6.07) is 6.56. The van der Waals surface area contributed by atoms with E-state index in [4.69, 9.17) is 11.1 Å². The molecule has 7 nitrogen and oxygen atoms in total. The van der Waals surface area contributed by atoms with Gasteiger partial charge in [-0.25, -0.2) is 9.37 Å². The second kappa shape index (κ2) is 6.22. The van der Waals surface area contributed by atoms with Crippen molar-refractivity contribution in [3.63, 3.8) is 0 Å². The number of nitrogens with zero attached hydrogens (tertiary/aromatic N) is 5. The second-order valence-corrected chi connectivity index (χ2v) is 6.84. The fourth-order valence-electron chi connectivity index (χ4n) is 2.23. The van der Waals surface area contributed by atoms with Crippen LogP contribution in [0.4, 0.5) is 4.39 Å². The standard InChI is InChI=1S/C15H10FN7S2/c16-9-3-11-13(24-7-19-11)4-12(9)25-15-21-20-14-2-1-10(22-23(14)15)8(5-17)6-18/h1-7,17H,18H2/b8-6+,17-5?. The van der Waals surface area contributed by atoms with Crippen LogP contribution in [0.15, 0.2) is 46.0 Å². The SMILES string of the molecule is N=C/C(=C\N)c1ccc2nnc(Sc3cc4scnc4cc3F)n2n1. The number of rotatable bonds is 4. The Morgan fingerprint density at radius 2 is 2.20 bits per heavy atom. The van der Waals surface area contributed by atoms with Gasteiger partial charge in [0.25, 0.3) is 0 Å². The summed E-state index contributed by atoms with van der Waals surface area (Å²) in [6.07, 6.45) is 2.42. The van der Waals surface area contributed by atoms with Crippen LogP contribution in [0, 0.1) is 11.2 Å². The van der Waals surface area contributed by atoms with Gasteiger partial charge in [0.2, 0.25) is 5.16 Å². The molecule has 3 N–H and O–H groups in total. The maximum Gasteiger partial charge on any atom is 0.217 e. The van der Waals surface area contributed by atoms with Crippen LogP contribution in [0.2, 0.25) is 0 Å². The zero-order valence-electron chi connectivity index (χ0n) is 12.5. The molecule has 4 aromatic rings. The molecule has 0 radical (unpaired) electrons. The molecule has 0 spiro atoms. The minimum atomic E-state index is -0.377. The smallest absolute Gasteiger partial charge is 0.217 e. The molecule has 0 atom stereocenters. The zero-order chi connectivity index (χ0) is 17.4. The average Bonchev–Trinajstić information content (AvgIpc) is 3.23. The average molecular weight is 371 g/mol. The van der Waals surface area contributed by atoms with Crippen molar-refractivity contribution in [1.29, 1.82) is 5.41 Å². The van der Waals surface area contributed by atoms with Crippen molar-refractivity contribution in [3.05, 3.63) is 47.5 Å². The number of hydrogen-bond donors (Lipinski definition) is 2. The van der Waals surface area contributed by atoms with Gasteiger partial charge in [0.05, 0.1) is 26.3 Å². The predicted molar refractivity (Wildman–Crippen MR) is 95.4 cm³/mol. The number of aromatic nitrogens is 5.